The van der Waals surface area contributed by atoms with Crippen LogP contribution in [0.1, 0.15) is 29.2 Å². The number of ether oxygens (including phenoxy) is 2. The number of nitrogens with one attached hydrogen (secondary N) is 1. The van der Waals surface area contributed by atoms with Crippen LogP contribution in [0.15, 0.2) is 0 Å². The summed E-state index contributed by atoms with van der Waals surface area (Å²) in [6, 6.07) is 0. The molecule has 0 aliphatic rings. The highest BCUT2D eigenvalue weighted by Gasteiger charge is 2.08. The molecule has 0 aromatic carbocycles. The van der Waals surface area contributed by atoms with Gasteiger partial charge in [-0.25, -0.2) is 9.97 Å². The van der Waals surface area contributed by atoms with E-state index in [1.807, 2.05) is 7.05 Å². The van der Waals surface area contributed by atoms with Gasteiger partial charge in [0.1, 0.15) is 5.82 Å². The number of aryl methyl sites for hydroxylation is 2. The second-order valence-corrected chi connectivity index (χ2v) is 4.85. The van der Waals surface area contributed by atoms with Crippen molar-refractivity contribution < 1.29 is 9.47 Å². The van der Waals surface area contributed by atoms with Crippen LogP contribution >= 0.6 is 0 Å². The van der Waals surface area contributed by atoms with Crippen LogP contribution in [-0.4, -0.2) is 50.5 Å². The van der Waals surface area contributed by atoms with E-state index >= 15 is 0 Å². The Morgan fingerprint density at radius 3 is 2.30 bits per heavy atom. The van der Waals surface area contributed by atoms with Crippen molar-refractivity contribution in [2.75, 3.05) is 40.5 Å². The minimum absolute atomic E-state index is 0.622. The summed E-state index contributed by atoms with van der Waals surface area (Å²) >= 11 is 0. The molecule has 0 aliphatic heterocycles. The molecular weight excluding hydrogens is 254 g/mol. The van der Waals surface area contributed by atoms with Crippen molar-refractivity contribution in [2.45, 2.75) is 33.1 Å². The quantitative estimate of drug-likeness (QED) is 0.658. The molecule has 0 bridgehead atoms. The Kier molecular flexibility index (Phi) is 8.34. The zero-order valence-electron chi connectivity index (χ0n) is 13.2. The summed E-state index contributed by atoms with van der Waals surface area (Å²) in [5, 5.41) is 3.17. The molecule has 1 aromatic rings. The van der Waals surface area contributed by atoms with Crippen molar-refractivity contribution >= 4 is 0 Å². The van der Waals surface area contributed by atoms with Crippen molar-refractivity contribution in [1.82, 2.24) is 15.3 Å². The molecule has 20 heavy (non-hydrogen) atoms. The Morgan fingerprint density at radius 2 is 1.70 bits per heavy atom. The molecule has 0 saturated carbocycles. The highest BCUT2D eigenvalue weighted by molar-refractivity contribution is 5.24. The fourth-order valence-electron chi connectivity index (χ4n) is 2.13. The van der Waals surface area contributed by atoms with Crippen LogP contribution in [0.2, 0.25) is 0 Å². The summed E-state index contributed by atoms with van der Waals surface area (Å²) < 4.78 is 10.4. The lowest BCUT2D eigenvalue weighted by molar-refractivity contribution is 0.0716. The lowest BCUT2D eigenvalue weighted by Gasteiger charge is -2.11. The van der Waals surface area contributed by atoms with Crippen LogP contribution in [0.25, 0.3) is 0 Å². The molecule has 0 radical (unpaired) electrons. The maximum absolute atomic E-state index is 5.45. The Hall–Kier alpha value is -1.04. The van der Waals surface area contributed by atoms with Gasteiger partial charge in [0.25, 0.3) is 0 Å². The molecule has 0 aliphatic carbocycles. The van der Waals surface area contributed by atoms with Gasteiger partial charge in [-0.1, -0.05) is 0 Å². The van der Waals surface area contributed by atoms with Crippen LogP contribution in [0, 0.1) is 13.8 Å². The van der Waals surface area contributed by atoms with Gasteiger partial charge in [-0.15, -0.1) is 0 Å². The molecule has 0 fully saturated rings. The summed E-state index contributed by atoms with van der Waals surface area (Å²) in [5.41, 5.74) is 3.48. The van der Waals surface area contributed by atoms with E-state index in [9.17, 15) is 0 Å². The second-order valence-electron chi connectivity index (χ2n) is 4.85. The first-order valence-corrected chi connectivity index (χ1v) is 7.23. The first-order valence-electron chi connectivity index (χ1n) is 7.23. The molecule has 114 valence electrons. The summed E-state index contributed by atoms with van der Waals surface area (Å²) in [6.45, 7) is 7.05. The zero-order chi connectivity index (χ0) is 14.8. The van der Waals surface area contributed by atoms with Gasteiger partial charge in [-0.2, -0.15) is 0 Å². The maximum atomic E-state index is 5.45. The molecule has 0 atom stereocenters. The van der Waals surface area contributed by atoms with Crippen molar-refractivity contribution in [2.24, 2.45) is 0 Å². The predicted octanol–water partition coefficient (Wildman–Crippen LogP) is 1.45. The minimum Gasteiger partial charge on any atom is -0.382 e. The third kappa shape index (κ3) is 5.94. The fourth-order valence-corrected chi connectivity index (χ4v) is 2.13. The van der Waals surface area contributed by atoms with E-state index in [0.29, 0.717) is 19.8 Å². The van der Waals surface area contributed by atoms with Gasteiger partial charge in [0.15, 0.2) is 0 Å². The maximum Gasteiger partial charge on any atom is 0.131 e. The Balaban J connectivity index is 2.50. The Morgan fingerprint density at radius 1 is 1.00 bits per heavy atom. The normalized spacial score (nSPS) is 11.0. The highest BCUT2D eigenvalue weighted by atomic mass is 16.5. The lowest BCUT2D eigenvalue weighted by atomic mass is 10.1. The molecule has 0 spiro atoms. The van der Waals surface area contributed by atoms with E-state index in [4.69, 9.17) is 9.47 Å². The van der Waals surface area contributed by atoms with Crippen LogP contribution in [0.4, 0.5) is 0 Å². The molecule has 0 amide bonds. The monoisotopic (exact) mass is 281 g/mol. The molecule has 0 saturated heterocycles. The Bertz CT molecular complexity index is 374. The average molecular weight is 281 g/mol. The summed E-state index contributed by atoms with van der Waals surface area (Å²) in [5.74, 6) is 0.870. The van der Waals surface area contributed by atoms with E-state index in [1.54, 1.807) is 7.11 Å². The third-order valence-electron chi connectivity index (χ3n) is 3.22. The van der Waals surface area contributed by atoms with Crippen molar-refractivity contribution in [3.8, 4) is 0 Å². The minimum atomic E-state index is 0.622. The van der Waals surface area contributed by atoms with Gasteiger partial charge in [-0.05, 0) is 45.8 Å². The summed E-state index contributed by atoms with van der Waals surface area (Å²) in [6.07, 6.45) is 2.90. The average Bonchev–Trinajstić information content (AvgIpc) is 2.42. The van der Waals surface area contributed by atoms with Crippen molar-refractivity contribution in [3.05, 3.63) is 22.8 Å². The number of nitrogens with zero attached hydrogens (tertiary/aromatic N) is 2. The molecular formula is C15H27N3O2. The summed E-state index contributed by atoms with van der Waals surface area (Å²) in [7, 11) is 3.65. The SMILES string of the molecule is CNCCCc1c(C)nc(CCOCCOC)nc1C. The van der Waals surface area contributed by atoms with Crippen LogP contribution in [0.5, 0.6) is 0 Å². The van der Waals surface area contributed by atoms with Gasteiger partial charge >= 0.3 is 0 Å². The van der Waals surface area contributed by atoms with E-state index < -0.39 is 0 Å². The fraction of sp³-hybridized carbons (Fsp3) is 0.733. The van der Waals surface area contributed by atoms with Crippen molar-refractivity contribution in [3.63, 3.8) is 0 Å². The Labute approximate surface area is 122 Å². The molecule has 1 heterocycles. The van der Waals surface area contributed by atoms with E-state index in [2.05, 4.69) is 29.1 Å². The van der Waals surface area contributed by atoms with Crippen LogP contribution in [-0.2, 0) is 22.3 Å². The molecule has 1 rings (SSSR count). The third-order valence-corrected chi connectivity index (χ3v) is 3.22. The summed E-state index contributed by atoms with van der Waals surface area (Å²) in [4.78, 5) is 9.18. The number of rotatable bonds is 10. The standard InChI is InChI=1S/C15H27N3O2/c1-12-14(6-5-8-16-3)13(2)18-15(17-12)7-9-20-11-10-19-4/h16H,5-11H2,1-4H3. The van der Waals surface area contributed by atoms with Crippen molar-refractivity contribution in [1.29, 1.82) is 0 Å². The molecule has 5 heteroatoms. The number of aromatic nitrogens is 2. The number of hydrogen-bond acceptors (Lipinski definition) is 5. The van der Waals surface area contributed by atoms with E-state index in [0.717, 1.165) is 43.0 Å². The lowest BCUT2D eigenvalue weighted by Crippen LogP contribution is -2.12. The molecule has 1 aromatic heterocycles. The molecule has 5 nitrogen and oxygen atoms in total. The van der Waals surface area contributed by atoms with E-state index in [-0.39, 0.29) is 0 Å². The van der Waals surface area contributed by atoms with Crippen LogP contribution in [0.3, 0.4) is 0 Å². The zero-order valence-corrected chi connectivity index (χ0v) is 13.2. The van der Waals surface area contributed by atoms with Crippen LogP contribution < -0.4 is 5.32 Å². The molecule has 1 N–H and O–H groups in total. The van der Waals surface area contributed by atoms with E-state index in [1.165, 1.54) is 5.56 Å². The largest absolute Gasteiger partial charge is 0.382 e. The number of hydrogen-bond donors (Lipinski definition) is 1. The molecule has 0 unspecified atom stereocenters. The van der Waals surface area contributed by atoms with Gasteiger partial charge in [0.05, 0.1) is 19.8 Å². The second kappa shape index (κ2) is 9.80. The topological polar surface area (TPSA) is 56.3 Å². The van der Waals surface area contributed by atoms with Gasteiger partial charge in [0, 0.05) is 24.9 Å². The first kappa shape index (κ1) is 17.0. The predicted molar refractivity (Wildman–Crippen MR) is 80.2 cm³/mol. The van der Waals surface area contributed by atoms with Gasteiger partial charge < -0.3 is 14.8 Å². The highest BCUT2D eigenvalue weighted by Crippen LogP contribution is 2.12. The first-order chi connectivity index (χ1) is 9.69. The smallest absolute Gasteiger partial charge is 0.131 e. The number of methoxy groups -OCH3 is 1. The van der Waals surface area contributed by atoms with Gasteiger partial charge in [0.2, 0.25) is 0 Å². The van der Waals surface area contributed by atoms with Gasteiger partial charge in [-0.3, -0.25) is 0 Å².